The molecule has 41 heavy (non-hydrogen) atoms. The average molecular weight is 566 g/mol. The molecule has 3 aromatic carbocycles. The fourth-order valence-corrected chi connectivity index (χ4v) is 10.2. The summed E-state index contributed by atoms with van der Waals surface area (Å²) < 4.78 is 8.16. The molecule has 5 nitrogen and oxygen atoms in total. The molecule has 0 amide bonds. The smallest absolute Gasteiger partial charge is 0.258 e. The Bertz CT molecular complexity index is 1380. The minimum absolute atomic E-state index is 0.223. The molecule has 7 heteroatoms. The summed E-state index contributed by atoms with van der Waals surface area (Å²) in [5.74, 6) is 0.996. The van der Waals surface area contributed by atoms with E-state index in [0.29, 0.717) is 6.04 Å². The van der Waals surface area contributed by atoms with E-state index in [-0.39, 0.29) is 10.6 Å². The number of nitrogens with one attached hydrogen (secondary N) is 1. The summed E-state index contributed by atoms with van der Waals surface area (Å²) in [6, 6.07) is 29.9. The van der Waals surface area contributed by atoms with Crippen molar-refractivity contribution in [1.82, 2.24) is 14.8 Å². The molecule has 214 valence electrons. The fourth-order valence-electron chi connectivity index (χ4n) is 6.39. The number of ether oxygens (including phenoxy) is 1. The topological polar surface area (TPSA) is 59.3 Å². The van der Waals surface area contributed by atoms with Gasteiger partial charge in [-0.3, -0.25) is 0 Å². The first-order valence-corrected chi connectivity index (χ1v) is 16.9. The summed E-state index contributed by atoms with van der Waals surface area (Å²) in [6.07, 6.45) is 6.18. The highest BCUT2D eigenvalue weighted by atomic mass is 28.4. The van der Waals surface area contributed by atoms with Crippen molar-refractivity contribution in [3.05, 3.63) is 103 Å². The van der Waals surface area contributed by atoms with Gasteiger partial charge in [0.1, 0.15) is 11.4 Å². The SMILES string of the molecule is BNC(CCCC(C)(C)[Si](O)(c1ccccc1)c1ccccc1)Cc1ccc(-c2cn3c(n2)C(C)(C)OCC3)cc1. The van der Waals surface area contributed by atoms with Crippen LogP contribution in [0.1, 0.15) is 58.3 Å². The zero-order chi connectivity index (χ0) is 29.1. The Morgan fingerprint density at radius 1 is 1.00 bits per heavy atom. The van der Waals surface area contributed by atoms with Gasteiger partial charge in [0.15, 0.2) is 7.98 Å². The lowest BCUT2D eigenvalue weighted by molar-refractivity contribution is -0.0538. The van der Waals surface area contributed by atoms with Gasteiger partial charge in [-0.15, -0.1) is 0 Å². The van der Waals surface area contributed by atoms with Crippen molar-refractivity contribution < 1.29 is 9.53 Å². The van der Waals surface area contributed by atoms with E-state index in [2.05, 4.69) is 100 Å². The van der Waals surface area contributed by atoms with Crippen LogP contribution in [0.25, 0.3) is 11.3 Å². The van der Waals surface area contributed by atoms with E-state index in [1.807, 2.05) is 36.4 Å². The monoisotopic (exact) mass is 565 g/mol. The van der Waals surface area contributed by atoms with Crippen LogP contribution in [0.3, 0.4) is 0 Å². The van der Waals surface area contributed by atoms with Gasteiger partial charge in [0, 0.05) is 24.3 Å². The van der Waals surface area contributed by atoms with Crippen molar-refractivity contribution in [2.24, 2.45) is 0 Å². The van der Waals surface area contributed by atoms with Gasteiger partial charge in [0.05, 0.1) is 12.3 Å². The van der Waals surface area contributed by atoms with Crippen LogP contribution < -0.4 is 15.6 Å². The third-order valence-corrected chi connectivity index (χ3v) is 13.5. The van der Waals surface area contributed by atoms with Gasteiger partial charge in [-0.2, -0.15) is 0 Å². The van der Waals surface area contributed by atoms with Gasteiger partial charge < -0.3 is 19.3 Å². The summed E-state index contributed by atoms with van der Waals surface area (Å²) in [4.78, 5) is 17.4. The van der Waals surface area contributed by atoms with Crippen molar-refractivity contribution in [2.75, 3.05) is 6.61 Å². The molecule has 2 heterocycles. The zero-order valence-electron chi connectivity index (χ0n) is 25.2. The first kappa shape index (κ1) is 29.5. The number of fused-ring (bicyclic) bond motifs is 1. The second-order valence-electron chi connectivity index (χ2n) is 12.6. The molecule has 0 spiro atoms. The summed E-state index contributed by atoms with van der Waals surface area (Å²) >= 11 is 0. The molecule has 2 N–H and O–H groups in total. The van der Waals surface area contributed by atoms with Crippen LogP contribution in [0.5, 0.6) is 0 Å². The molecular weight excluding hydrogens is 521 g/mol. The lowest BCUT2D eigenvalue weighted by Gasteiger charge is -2.41. The quantitative estimate of drug-likeness (QED) is 0.262. The summed E-state index contributed by atoms with van der Waals surface area (Å²) in [6.45, 7) is 10.3. The Hall–Kier alpha value is -2.97. The number of benzene rings is 3. The van der Waals surface area contributed by atoms with Gasteiger partial charge in [0.25, 0.3) is 8.32 Å². The van der Waals surface area contributed by atoms with E-state index < -0.39 is 8.32 Å². The molecule has 0 saturated heterocycles. The standard InChI is InChI=1S/C34H44BN3O2Si/c1-33(2,41(39,29-13-7-5-8-14-29)30-15-9-6-10-16-30)21-11-12-28(37-35)24-26-17-19-27(20-18-26)31-25-38-22-23-40-34(3,4)32(38)36-31/h5-10,13-20,25,28,37,39H,11-12,21-24,35H2,1-4H3. The van der Waals surface area contributed by atoms with Crippen LogP contribution in [0.15, 0.2) is 91.1 Å². The molecule has 1 unspecified atom stereocenters. The Kier molecular flexibility index (Phi) is 8.71. The van der Waals surface area contributed by atoms with E-state index in [4.69, 9.17) is 9.72 Å². The van der Waals surface area contributed by atoms with E-state index in [1.165, 1.54) is 5.56 Å². The third kappa shape index (κ3) is 6.14. The molecular formula is C34H44BN3O2Si. The molecule has 1 aliphatic rings. The van der Waals surface area contributed by atoms with Crippen LogP contribution in [0.2, 0.25) is 5.04 Å². The van der Waals surface area contributed by atoms with E-state index >= 15 is 0 Å². The highest BCUT2D eigenvalue weighted by Crippen LogP contribution is 2.40. The third-order valence-electron chi connectivity index (χ3n) is 8.97. The van der Waals surface area contributed by atoms with Crippen LogP contribution in [-0.4, -0.2) is 43.3 Å². The van der Waals surface area contributed by atoms with E-state index in [0.717, 1.165) is 66.3 Å². The van der Waals surface area contributed by atoms with Gasteiger partial charge in [0.2, 0.25) is 0 Å². The van der Waals surface area contributed by atoms with Crippen molar-refractivity contribution in [3.63, 3.8) is 0 Å². The second-order valence-corrected chi connectivity index (χ2v) is 16.5. The van der Waals surface area contributed by atoms with Gasteiger partial charge >= 0.3 is 0 Å². The Morgan fingerprint density at radius 2 is 1.61 bits per heavy atom. The number of imidazole rings is 1. The van der Waals surface area contributed by atoms with Crippen LogP contribution in [0, 0.1) is 0 Å². The molecule has 1 aliphatic heterocycles. The minimum atomic E-state index is -2.97. The van der Waals surface area contributed by atoms with Crippen molar-refractivity contribution in [3.8, 4) is 11.3 Å². The lowest BCUT2D eigenvalue weighted by Crippen LogP contribution is -2.65. The maximum atomic E-state index is 12.5. The predicted octanol–water partition coefficient (Wildman–Crippen LogP) is 4.57. The molecule has 0 fully saturated rings. The maximum absolute atomic E-state index is 12.5. The number of hydrogen-bond acceptors (Lipinski definition) is 4. The van der Waals surface area contributed by atoms with E-state index in [9.17, 15) is 4.80 Å². The molecule has 0 radical (unpaired) electrons. The first-order chi connectivity index (χ1) is 19.6. The minimum Gasteiger partial charge on any atom is -0.424 e. The predicted molar refractivity (Wildman–Crippen MR) is 174 cm³/mol. The largest absolute Gasteiger partial charge is 0.424 e. The highest BCUT2D eigenvalue weighted by Gasteiger charge is 2.49. The Balaban J connectivity index is 1.24. The molecule has 5 rings (SSSR count). The molecule has 0 aliphatic carbocycles. The van der Waals surface area contributed by atoms with Crippen LogP contribution in [-0.2, 0) is 23.3 Å². The van der Waals surface area contributed by atoms with Crippen molar-refractivity contribution >= 4 is 26.7 Å². The molecule has 4 aromatic rings. The summed E-state index contributed by atoms with van der Waals surface area (Å²) in [5.41, 5.74) is 3.11. The van der Waals surface area contributed by atoms with E-state index in [1.54, 1.807) is 0 Å². The normalized spacial score (nSPS) is 15.8. The number of rotatable bonds is 11. The second kappa shape index (κ2) is 12.1. The van der Waals surface area contributed by atoms with Crippen molar-refractivity contribution in [2.45, 2.75) is 76.6 Å². The zero-order valence-corrected chi connectivity index (χ0v) is 26.2. The maximum Gasteiger partial charge on any atom is 0.258 e. The summed E-state index contributed by atoms with van der Waals surface area (Å²) in [7, 11) is -0.915. The number of aromatic nitrogens is 2. The molecule has 1 aromatic heterocycles. The average Bonchev–Trinajstić information content (AvgIpc) is 3.43. The van der Waals surface area contributed by atoms with Gasteiger partial charge in [-0.1, -0.05) is 105 Å². The first-order valence-electron chi connectivity index (χ1n) is 15.0. The lowest BCUT2D eigenvalue weighted by atomic mass is 9.96. The van der Waals surface area contributed by atoms with Crippen LogP contribution in [0.4, 0.5) is 0 Å². The Labute approximate surface area is 247 Å². The number of nitrogens with zero attached hydrogens (tertiary/aromatic N) is 2. The molecule has 1 atom stereocenters. The van der Waals surface area contributed by atoms with Crippen molar-refractivity contribution in [1.29, 1.82) is 0 Å². The Morgan fingerprint density at radius 3 is 2.17 bits per heavy atom. The number of hydrogen-bond donors (Lipinski definition) is 2. The molecule has 0 bridgehead atoms. The van der Waals surface area contributed by atoms with Gasteiger partial charge in [-0.05, 0) is 54.1 Å². The highest BCUT2D eigenvalue weighted by molar-refractivity contribution is 6.98. The van der Waals surface area contributed by atoms with Crippen LogP contribution >= 0.6 is 0 Å². The molecule has 0 saturated carbocycles. The summed E-state index contributed by atoms with van der Waals surface area (Å²) in [5, 5.41) is 5.48. The van der Waals surface area contributed by atoms with Gasteiger partial charge in [-0.25, -0.2) is 4.98 Å². The fraction of sp³-hybridized carbons (Fsp3) is 0.382.